The van der Waals surface area contributed by atoms with Gasteiger partial charge in [-0.3, -0.25) is 0 Å². The largest absolute Gasteiger partial charge is 0.466 e. The van der Waals surface area contributed by atoms with E-state index < -0.39 is 5.97 Å². The number of allylic oxidation sites excluding steroid dienone is 1. The summed E-state index contributed by atoms with van der Waals surface area (Å²) in [6, 6.07) is 4.66. The summed E-state index contributed by atoms with van der Waals surface area (Å²) >= 11 is 1.68. The Kier molecular flexibility index (Phi) is 3.29. The average Bonchev–Trinajstić information content (AvgIpc) is 2.29. The van der Waals surface area contributed by atoms with Gasteiger partial charge in [-0.2, -0.15) is 0 Å². The van der Waals surface area contributed by atoms with Crippen LogP contribution in [-0.2, 0) is 9.53 Å². The summed E-state index contributed by atoms with van der Waals surface area (Å²) in [6.45, 7) is 0. The zero-order chi connectivity index (χ0) is 11.5. The molecule has 4 heteroatoms. The van der Waals surface area contributed by atoms with Crippen LogP contribution in [0.3, 0.4) is 0 Å². The van der Waals surface area contributed by atoms with Gasteiger partial charge in [-0.15, -0.1) is 11.8 Å². The summed E-state index contributed by atoms with van der Waals surface area (Å²) in [5.41, 5.74) is 1.65. The molecule has 1 aliphatic heterocycles. The van der Waals surface area contributed by atoms with Crippen LogP contribution in [0.2, 0.25) is 0 Å². The molecule has 0 aromatic heterocycles. The number of hydrogen-bond donors (Lipinski definition) is 0. The van der Waals surface area contributed by atoms with Crippen molar-refractivity contribution in [1.29, 1.82) is 0 Å². The van der Waals surface area contributed by atoms with Gasteiger partial charge < -0.3 is 4.74 Å². The lowest BCUT2D eigenvalue weighted by molar-refractivity contribution is -0.134. The molecule has 0 amide bonds. The molecule has 0 saturated carbocycles. The van der Waals surface area contributed by atoms with Gasteiger partial charge in [0.2, 0.25) is 0 Å². The van der Waals surface area contributed by atoms with Gasteiger partial charge in [-0.1, -0.05) is 0 Å². The minimum atomic E-state index is -0.392. The van der Waals surface area contributed by atoms with Crippen molar-refractivity contribution in [2.75, 3.05) is 12.9 Å². The van der Waals surface area contributed by atoms with Crippen molar-refractivity contribution in [2.45, 2.75) is 11.3 Å². The summed E-state index contributed by atoms with van der Waals surface area (Å²) in [4.78, 5) is 12.2. The number of hydrogen-bond acceptors (Lipinski definition) is 3. The molecule has 1 aliphatic rings. The molecule has 0 radical (unpaired) electrons. The number of halogens is 1. The minimum absolute atomic E-state index is 0.281. The fraction of sp³-hybridized carbons (Fsp3) is 0.250. The van der Waals surface area contributed by atoms with Gasteiger partial charge in [-0.25, -0.2) is 9.18 Å². The molecular weight excluding hydrogens is 227 g/mol. The fourth-order valence-electron chi connectivity index (χ4n) is 1.64. The number of ether oxygens (including phenoxy) is 1. The molecule has 0 bridgehead atoms. The van der Waals surface area contributed by atoms with Crippen molar-refractivity contribution in [3.05, 3.63) is 35.7 Å². The molecule has 1 heterocycles. The van der Waals surface area contributed by atoms with Crippen molar-refractivity contribution in [3.63, 3.8) is 0 Å². The van der Waals surface area contributed by atoms with Crippen LogP contribution in [0.25, 0.3) is 5.57 Å². The Labute approximate surface area is 97.5 Å². The molecule has 2 rings (SSSR count). The van der Waals surface area contributed by atoms with Gasteiger partial charge in [0.1, 0.15) is 5.82 Å². The van der Waals surface area contributed by atoms with Crippen molar-refractivity contribution in [2.24, 2.45) is 0 Å². The van der Waals surface area contributed by atoms with Crippen LogP contribution in [-0.4, -0.2) is 18.8 Å². The average molecular weight is 238 g/mol. The van der Waals surface area contributed by atoms with E-state index in [9.17, 15) is 9.18 Å². The molecule has 0 saturated heterocycles. The topological polar surface area (TPSA) is 26.3 Å². The third-order valence-corrected chi connectivity index (χ3v) is 3.49. The highest BCUT2D eigenvalue weighted by molar-refractivity contribution is 7.99. The first kappa shape index (κ1) is 11.2. The van der Waals surface area contributed by atoms with E-state index in [1.807, 2.05) is 0 Å². The van der Waals surface area contributed by atoms with E-state index in [-0.39, 0.29) is 5.82 Å². The van der Waals surface area contributed by atoms with Crippen molar-refractivity contribution in [1.82, 2.24) is 0 Å². The molecule has 84 valence electrons. The van der Waals surface area contributed by atoms with Gasteiger partial charge in [0.05, 0.1) is 7.11 Å². The van der Waals surface area contributed by atoms with E-state index in [2.05, 4.69) is 4.74 Å². The van der Waals surface area contributed by atoms with Crippen molar-refractivity contribution < 1.29 is 13.9 Å². The zero-order valence-corrected chi connectivity index (χ0v) is 9.64. The number of carbonyl (C=O) groups excluding carboxylic acids is 1. The minimum Gasteiger partial charge on any atom is -0.466 e. The highest BCUT2D eigenvalue weighted by Crippen LogP contribution is 2.37. The van der Waals surface area contributed by atoms with E-state index in [1.165, 1.54) is 25.3 Å². The molecule has 0 spiro atoms. The second-order valence-corrected chi connectivity index (χ2v) is 4.57. The third-order valence-electron chi connectivity index (χ3n) is 2.41. The van der Waals surface area contributed by atoms with Crippen LogP contribution < -0.4 is 0 Å². The number of fused-ring (bicyclic) bond motifs is 1. The summed E-state index contributed by atoms with van der Waals surface area (Å²) in [7, 11) is 1.34. The molecule has 0 unspecified atom stereocenters. The SMILES string of the molecule is COC(=O)/C=C1/CCSc2ccc(F)cc21. The quantitative estimate of drug-likeness (QED) is 0.556. The standard InChI is InChI=1S/C12H11FO2S/c1-15-12(14)6-8-4-5-16-11-3-2-9(13)7-10(8)11/h2-3,6-7H,4-5H2,1H3/b8-6-. The fourth-order valence-corrected chi connectivity index (χ4v) is 2.69. The zero-order valence-electron chi connectivity index (χ0n) is 8.83. The smallest absolute Gasteiger partial charge is 0.330 e. The Morgan fingerprint density at radius 3 is 3.12 bits per heavy atom. The molecule has 0 N–H and O–H groups in total. The highest BCUT2D eigenvalue weighted by atomic mass is 32.2. The predicted octanol–water partition coefficient (Wildman–Crippen LogP) is 2.88. The Morgan fingerprint density at radius 2 is 2.38 bits per heavy atom. The molecule has 0 fully saturated rings. The van der Waals surface area contributed by atoms with E-state index >= 15 is 0 Å². The predicted molar refractivity (Wildman–Crippen MR) is 61.7 cm³/mol. The summed E-state index contributed by atoms with van der Waals surface area (Å²) in [5.74, 6) is 0.232. The summed E-state index contributed by atoms with van der Waals surface area (Å²) < 4.78 is 17.7. The number of methoxy groups -OCH3 is 1. The van der Waals surface area contributed by atoms with E-state index in [1.54, 1.807) is 17.8 Å². The molecule has 1 aromatic rings. The third kappa shape index (κ3) is 2.27. The number of carbonyl (C=O) groups is 1. The molecule has 16 heavy (non-hydrogen) atoms. The van der Waals surface area contributed by atoms with Crippen LogP contribution in [0.15, 0.2) is 29.2 Å². The second kappa shape index (κ2) is 4.70. The normalized spacial score (nSPS) is 17.0. The van der Waals surface area contributed by atoms with Crippen molar-refractivity contribution in [3.8, 4) is 0 Å². The summed E-state index contributed by atoms with van der Waals surface area (Å²) in [6.07, 6.45) is 2.20. The van der Waals surface area contributed by atoms with E-state index in [0.29, 0.717) is 0 Å². The maximum absolute atomic E-state index is 13.1. The van der Waals surface area contributed by atoms with Crippen LogP contribution in [0.4, 0.5) is 4.39 Å². The lowest BCUT2D eigenvalue weighted by Crippen LogP contribution is -2.03. The Bertz CT molecular complexity index is 454. The van der Waals surface area contributed by atoms with Crippen LogP contribution >= 0.6 is 11.8 Å². The van der Waals surface area contributed by atoms with Crippen LogP contribution in [0.5, 0.6) is 0 Å². The van der Waals surface area contributed by atoms with Crippen molar-refractivity contribution >= 4 is 23.3 Å². The van der Waals surface area contributed by atoms with Crippen LogP contribution in [0.1, 0.15) is 12.0 Å². The van der Waals surface area contributed by atoms with Gasteiger partial charge in [0.15, 0.2) is 0 Å². The van der Waals surface area contributed by atoms with E-state index in [0.717, 1.165) is 28.2 Å². The first-order chi connectivity index (χ1) is 7.70. The summed E-state index contributed by atoms with van der Waals surface area (Å²) in [5, 5.41) is 0. The maximum atomic E-state index is 13.1. The highest BCUT2D eigenvalue weighted by Gasteiger charge is 2.16. The number of benzene rings is 1. The monoisotopic (exact) mass is 238 g/mol. The number of esters is 1. The van der Waals surface area contributed by atoms with Gasteiger partial charge in [-0.05, 0) is 35.8 Å². The number of rotatable bonds is 1. The lowest BCUT2D eigenvalue weighted by Gasteiger charge is -2.18. The van der Waals surface area contributed by atoms with Gasteiger partial charge in [0.25, 0.3) is 0 Å². The number of thioether (sulfide) groups is 1. The maximum Gasteiger partial charge on any atom is 0.330 e. The van der Waals surface area contributed by atoms with Gasteiger partial charge in [0, 0.05) is 16.7 Å². The van der Waals surface area contributed by atoms with E-state index in [4.69, 9.17) is 0 Å². The lowest BCUT2D eigenvalue weighted by atomic mass is 10.0. The Balaban J connectivity index is 2.43. The molecule has 1 aromatic carbocycles. The second-order valence-electron chi connectivity index (χ2n) is 3.43. The Morgan fingerprint density at radius 1 is 1.56 bits per heavy atom. The van der Waals surface area contributed by atoms with Gasteiger partial charge >= 0.3 is 5.97 Å². The van der Waals surface area contributed by atoms with Crippen LogP contribution in [0, 0.1) is 5.82 Å². The molecule has 2 nitrogen and oxygen atoms in total. The first-order valence-electron chi connectivity index (χ1n) is 4.92. The molecule has 0 aliphatic carbocycles. The molecular formula is C12H11FO2S. The first-order valence-corrected chi connectivity index (χ1v) is 5.90. The Hall–Kier alpha value is -1.29. The molecule has 0 atom stereocenters.